The monoisotopic (exact) mass is 424 g/mol. The van der Waals surface area contributed by atoms with Crippen molar-refractivity contribution in [1.82, 2.24) is 9.62 Å². The van der Waals surface area contributed by atoms with Crippen molar-refractivity contribution in [2.24, 2.45) is 0 Å². The minimum atomic E-state index is -3.40. The molecule has 1 aliphatic rings. The zero-order chi connectivity index (χ0) is 20.1. The Morgan fingerprint density at radius 1 is 1.21 bits per heavy atom. The molecule has 1 amide bonds. The first kappa shape index (κ1) is 20.6. The predicted molar refractivity (Wildman–Crippen MR) is 109 cm³/mol. The Kier molecular flexibility index (Phi) is 6.58. The molecule has 1 aliphatic heterocycles. The maximum absolute atomic E-state index is 12.7. The summed E-state index contributed by atoms with van der Waals surface area (Å²) in [5.74, 6) is 1.08. The third-order valence-corrected chi connectivity index (χ3v) is 7.46. The predicted octanol–water partition coefficient (Wildman–Crippen LogP) is 2.27. The molecule has 2 heterocycles. The molecule has 0 atom stereocenters. The van der Waals surface area contributed by atoms with Crippen LogP contribution in [0, 0.1) is 0 Å². The number of sulfonamides is 1. The molecule has 0 bridgehead atoms. The molecule has 0 unspecified atom stereocenters. The van der Waals surface area contributed by atoms with E-state index >= 15 is 0 Å². The van der Waals surface area contributed by atoms with Crippen molar-refractivity contribution in [1.29, 1.82) is 0 Å². The van der Waals surface area contributed by atoms with Gasteiger partial charge in [-0.1, -0.05) is 6.07 Å². The van der Waals surface area contributed by atoms with E-state index in [1.165, 1.54) is 15.6 Å². The number of fused-ring (bicyclic) bond motifs is 1. The van der Waals surface area contributed by atoms with Crippen molar-refractivity contribution in [3.63, 3.8) is 0 Å². The third kappa shape index (κ3) is 4.65. The molecular formula is C19H24N2O5S2. The molecule has 2 aromatic rings. The third-order valence-electron chi connectivity index (χ3n) is 4.69. The molecule has 7 nitrogen and oxygen atoms in total. The largest absolute Gasteiger partial charge is 0.493 e. The zero-order valence-electron chi connectivity index (χ0n) is 15.9. The molecule has 3 rings (SSSR count). The van der Waals surface area contributed by atoms with Gasteiger partial charge in [-0.15, -0.1) is 11.3 Å². The van der Waals surface area contributed by atoms with Crippen LogP contribution in [0.2, 0.25) is 0 Å². The number of methoxy groups -OCH3 is 2. The number of carbonyl (C=O) groups excluding carboxylic acids is 1. The summed E-state index contributed by atoms with van der Waals surface area (Å²) in [5.41, 5.74) is 2.01. The van der Waals surface area contributed by atoms with Crippen LogP contribution < -0.4 is 14.8 Å². The van der Waals surface area contributed by atoms with Gasteiger partial charge in [-0.05, 0) is 47.5 Å². The average molecular weight is 425 g/mol. The van der Waals surface area contributed by atoms with E-state index in [9.17, 15) is 13.2 Å². The molecule has 1 aromatic heterocycles. The van der Waals surface area contributed by atoms with Crippen molar-refractivity contribution in [2.75, 3.05) is 33.1 Å². The Morgan fingerprint density at radius 3 is 2.57 bits per heavy atom. The van der Waals surface area contributed by atoms with Gasteiger partial charge in [0.05, 0.1) is 24.8 Å². The summed E-state index contributed by atoms with van der Waals surface area (Å²) < 4.78 is 37.6. The van der Waals surface area contributed by atoms with Crippen molar-refractivity contribution in [2.45, 2.75) is 19.4 Å². The minimum Gasteiger partial charge on any atom is -0.493 e. The Labute approximate surface area is 169 Å². The van der Waals surface area contributed by atoms with E-state index in [-0.39, 0.29) is 11.7 Å². The van der Waals surface area contributed by atoms with Crippen LogP contribution in [0.25, 0.3) is 0 Å². The summed E-state index contributed by atoms with van der Waals surface area (Å²) in [6, 6.07) is 7.31. The highest BCUT2D eigenvalue weighted by molar-refractivity contribution is 7.89. The summed E-state index contributed by atoms with van der Waals surface area (Å²) in [6.45, 7) is 1.08. The number of hydrogen-bond acceptors (Lipinski definition) is 6. The summed E-state index contributed by atoms with van der Waals surface area (Å²) in [5, 5.41) is 4.59. The van der Waals surface area contributed by atoms with Crippen molar-refractivity contribution in [3.05, 3.63) is 45.6 Å². The second-order valence-corrected chi connectivity index (χ2v) is 9.50. The van der Waals surface area contributed by atoms with Crippen LogP contribution in [0.4, 0.5) is 0 Å². The van der Waals surface area contributed by atoms with Crippen LogP contribution in [-0.2, 0) is 23.0 Å². The smallest absolute Gasteiger partial charge is 0.261 e. The van der Waals surface area contributed by atoms with Gasteiger partial charge in [0.2, 0.25) is 10.0 Å². The molecule has 0 radical (unpaired) electrons. The van der Waals surface area contributed by atoms with Gasteiger partial charge >= 0.3 is 0 Å². The Balaban J connectivity index is 1.57. The molecule has 0 fully saturated rings. The van der Waals surface area contributed by atoms with Crippen LogP contribution in [0.1, 0.15) is 27.2 Å². The molecule has 0 aliphatic carbocycles. The van der Waals surface area contributed by atoms with Gasteiger partial charge in [0.25, 0.3) is 5.91 Å². The maximum Gasteiger partial charge on any atom is 0.261 e. The lowest BCUT2D eigenvalue weighted by Crippen LogP contribution is -2.38. The van der Waals surface area contributed by atoms with E-state index in [1.54, 1.807) is 20.3 Å². The number of carbonyl (C=O) groups is 1. The summed E-state index contributed by atoms with van der Waals surface area (Å²) in [7, 11) is -0.255. The standard InChI is InChI=1S/C19H24N2O5S2/c1-25-16-11-14-6-8-21(13-15(14)12-17(16)26-2)28(23,24)10-4-7-20-19(22)18-5-3-9-27-18/h3,5,9,11-12H,4,6-8,10,13H2,1-2H3,(H,20,22). The number of nitrogens with one attached hydrogen (secondary N) is 1. The van der Waals surface area contributed by atoms with E-state index in [0.717, 1.165) is 11.1 Å². The average Bonchev–Trinajstić information content (AvgIpc) is 3.24. The minimum absolute atomic E-state index is 0.000341. The Bertz CT molecular complexity index is 926. The van der Waals surface area contributed by atoms with Gasteiger partial charge in [0.15, 0.2) is 11.5 Å². The summed E-state index contributed by atoms with van der Waals surface area (Å²) in [4.78, 5) is 12.5. The molecule has 1 aromatic carbocycles. The Hall–Kier alpha value is -2.10. The van der Waals surface area contributed by atoms with Crippen molar-refractivity contribution >= 4 is 27.3 Å². The second-order valence-electron chi connectivity index (χ2n) is 6.46. The number of ether oxygens (including phenoxy) is 2. The molecule has 1 N–H and O–H groups in total. The lowest BCUT2D eigenvalue weighted by Gasteiger charge is -2.29. The molecule has 0 saturated heterocycles. The van der Waals surface area contributed by atoms with Gasteiger partial charge < -0.3 is 14.8 Å². The van der Waals surface area contributed by atoms with E-state index in [0.29, 0.717) is 48.9 Å². The van der Waals surface area contributed by atoms with Gasteiger partial charge in [0.1, 0.15) is 0 Å². The van der Waals surface area contributed by atoms with Gasteiger partial charge in [0, 0.05) is 19.6 Å². The number of rotatable bonds is 8. The number of nitrogens with zero attached hydrogens (tertiary/aromatic N) is 1. The first-order valence-electron chi connectivity index (χ1n) is 8.98. The fourth-order valence-corrected chi connectivity index (χ4v) is 5.29. The summed E-state index contributed by atoms with van der Waals surface area (Å²) in [6.07, 6.45) is 0.999. The maximum atomic E-state index is 12.7. The second kappa shape index (κ2) is 8.93. The SMILES string of the molecule is COc1cc2c(cc1OC)CN(S(=O)(=O)CCCNC(=O)c1cccs1)CC2. The van der Waals surface area contributed by atoms with Crippen LogP contribution in [0.5, 0.6) is 11.5 Å². The van der Waals surface area contributed by atoms with Crippen LogP contribution >= 0.6 is 11.3 Å². The zero-order valence-corrected chi connectivity index (χ0v) is 17.6. The normalized spacial score (nSPS) is 14.4. The molecule has 0 saturated carbocycles. The fourth-order valence-electron chi connectivity index (χ4n) is 3.18. The topological polar surface area (TPSA) is 84.9 Å². The molecule has 9 heteroatoms. The lowest BCUT2D eigenvalue weighted by atomic mass is 10.0. The van der Waals surface area contributed by atoms with Crippen molar-refractivity contribution in [3.8, 4) is 11.5 Å². The van der Waals surface area contributed by atoms with E-state index in [4.69, 9.17) is 9.47 Å². The molecule has 28 heavy (non-hydrogen) atoms. The van der Waals surface area contributed by atoms with Gasteiger partial charge in [-0.2, -0.15) is 4.31 Å². The van der Waals surface area contributed by atoms with Crippen LogP contribution in [0.15, 0.2) is 29.6 Å². The fraction of sp³-hybridized carbons (Fsp3) is 0.421. The Morgan fingerprint density at radius 2 is 1.93 bits per heavy atom. The number of thiophene rings is 1. The first-order valence-corrected chi connectivity index (χ1v) is 11.5. The van der Waals surface area contributed by atoms with Gasteiger partial charge in [-0.3, -0.25) is 4.79 Å². The number of benzene rings is 1. The number of amides is 1. The molecule has 152 valence electrons. The highest BCUT2D eigenvalue weighted by Crippen LogP contribution is 2.33. The highest BCUT2D eigenvalue weighted by Gasteiger charge is 2.27. The van der Waals surface area contributed by atoms with Crippen LogP contribution in [-0.4, -0.2) is 51.7 Å². The van der Waals surface area contributed by atoms with E-state index in [2.05, 4.69) is 5.32 Å². The van der Waals surface area contributed by atoms with Gasteiger partial charge in [-0.25, -0.2) is 8.42 Å². The lowest BCUT2D eigenvalue weighted by molar-refractivity contribution is 0.0957. The molecular weight excluding hydrogens is 400 g/mol. The number of hydrogen-bond donors (Lipinski definition) is 1. The highest BCUT2D eigenvalue weighted by atomic mass is 32.2. The van der Waals surface area contributed by atoms with Crippen molar-refractivity contribution < 1.29 is 22.7 Å². The van der Waals surface area contributed by atoms with E-state index in [1.807, 2.05) is 23.6 Å². The van der Waals surface area contributed by atoms with Crippen LogP contribution in [0.3, 0.4) is 0 Å². The molecule has 0 spiro atoms. The summed E-state index contributed by atoms with van der Waals surface area (Å²) >= 11 is 1.36. The first-order chi connectivity index (χ1) is 13.4. The van der Waals surface area contributed by atoms with E-state index < -0.39 is 10.0 Å². The quantitative estimate of drug-likeness (QED) is 0.657.